The lowest BCUT2D eigenvalue weighted by Crippen LogP contribution is -2.29. The molecule has 25 heavy (non-hydrogen) atoms. The maximum absolute atomic E-state index is 12.7. The second kappa shape index (κ2) is 7.93. The molecule has 1 amide bonds. The topological polar surface area (TPSA) is 53.5 Å². The van der Waals surface area contributed by atoms with Gasteiger partial charge >= 0.3 is 0 Å². The summed E-state index contributed by atoms with van der Waals surface area (Å²) in [6, 6.07) is 26.6. The van der Waals surface area contributed by atoms with E-state index in [1.54, 1.807) is 0 Å². The third kappa shape index (κ3) is 4.54. The van der Waals surface area contributed by atoms with Gasteiger partial charge in [-0.3, -0.25) is 4.79 Å². The van der Waals surface area contributed by atoms with E-state index in [0.717, 1.165) is 22.6 Å². The fourth-order valence-electron chi connectivity index (χ4n) is 2.31. The summed E-state index contributed by atoms with van der Waals surface area (Å²) < 4.78 is 0. The SMILES string of the molecule is Cc1ccccc1N=C(Nc1ccccc1)C(=O)Nc1ccccc1. The summed E-state index contributed by atoms with van der Waals surface area (Å²) in [7, 11) is 0. The number of aliphatic imine (C=N–C) groups is 1. The number of para-hydroxylation sites is 3. The van der Waals surface area contributed by atoms with E-state index >= 15 is 0 Å². The van der Waals surface area contributed by atoms with Crippen molar-refractivity contribution in [2.45, 2.75) is 6.92 Å². The van der Waals surface area contributed by atoms with E-state index in [4.69, 9.17) is 0 Å². The van der Waals surface area contributed by atoms with Crippen LogP contribution in [0.1, 0.15) is 5.56 Å². The first-order chi connectivity index (χ1) is 12.2. The van der Waals surface area contributed by atoms with Crippen molar-refractivity contribution in [1.29, 1.82) is 0 Å². The summed E-state index contributed by atoms with van der Waals surface area (Å²) in [6.07, 6.45) is 0. The van der Waals surface area contributed by atoms with E-state index in [1.165, 1.54) is 0 Å². The monoisotopic (exact) mass is 329 g/mol. The Morgan fingerprint density at radius 2 is 1.24 bits per heavy atom. The van der Waals surface area contributed by atoms with Crippen LogP contribution in [0, 0.1) is 6.92 Å². The first-order valence-corrected chi connectivity index (χ1v) is 8.05. The Balaban J connectivity index is 1.91. The van der Waals surface area contributed by atoms with Gasteiger partial charge in [0.05, 0.1) is 5.69 Å². The van der Waals surface area contributed by atoms with Crippen LogP contribution in [0.3, 0.4) is 0 Å². The fraction of sp³-hybridized carbons (Fsp3) is 0.0476. The summed E-state index contributed by atoms with van der Waals surface area (Å²) in [6.45, 7) is 1.97. The molecule has 124 valence electrons. The van der Waals surface area contributed by atoms with Crippen LogP contribution in [0.2, 0.25) is 0 Å². The van der Waals surface area contributed by atoms with Gasteiger partial charge in [0.15, 0.2) is 5.84 Å². The maximum atomic E-state index is 12.7. The zero-order valence-corrected chi connectivity index (χ0v) is 13.9. The molecule has 0 saturated heterocycles. The second-order valence-electron chi connectivity index (χ2n) is 5.56. The number of nitrogens with zero attached hydrogens (tertiary/aromatic N) is 1. The molecule has 0 atom stereocenters. The number of carbonyl (C=O) groups is 1. The highest BCUT2D eigenvalue weighted by molar-refractivity contribution is 6.46. The highest BCUT2D eigenvalue weighted by Gasteiger charge is 2.13. The number of anilines is 2. The van der Waals surface area contributed by atoms with Crippen LogP contribution in [-0.4, -0.2) is 11.7 Å². The summed E-state index contributed by atoms with van der Waals surface area (Å²) >= 11 is 0. The van der Waals surface area contributed by atoms with Crippen molar-refractivity contribution in [2.75, 3.05) is 10.6 Å². The molecule has 0 aromatic heterocycles. The van der Waals surface area contributed by atoms with Gasteiger partial charge in [0.1, 0.15) is 0 Å². The summed E-state index contributed by atoms with van der Waals surface area (Å²) in [4.78, 5) is 17.3. The van der Waals surface area contributed by atoms with Crippen molar-refractivity contribution in [2.24, 2.45) is 4.99 Å². The number of aryl methyl sites for hydroxylation is 1. The number of hydrogen-bond acceptors (Lipinski definition) is 2. The Hall–Kier alpha value is -3.40. The van der Waals surface area contributed by atoms with Gasteiger partial charge < -0.3 is 10.6 Å². The minimum absolute atomic E-state index is 0.240. The van der Waals surface area contributed by atoms with Crippen molar-refractivity contribution < 1.29 is 4.79 Å². The Labute approximate surface area is 147 Å². The number of nitrogens with one attached hydrogen (secondary N) is 2. The van der Waals surface area contributed by atoms with Crippen molar-refractivity contribution in [1.82, 2.24) is 0 Å². The first-order valence-electron chi connectivity index (χ1n) is 8.05. The molecule has 0 fully saturated rings. The molecule has 0 aliphatic carbocycles. The van der Waals surface area contributed by atoms with Gasteiger partial charge in [0, 0.05) is 11.4 Å². The smallest absolute Gasteiger partial charge is 0.291 e. The Morgan fingerprint density at radius 1 is 0.720 bits per heavy atom. The van der Waals surface area contributed by atoms with Gasteiger partial charge in [-0.15, -0.1) is 0 Å². The molecular formula is C21H19N3O. The molecule has 4 nitrogen and oxygen atoms in total. The number of benzene rings is 3. The van der Waals surface area contributed by atoms with E-state index in [1.807, 2.05) is 91.9 Å². The lowest BCUT2D eigenvalue weighted by atomic mass is 10.2. The van der Waals surface area contributed by atoms with E-state index in [2.05, 4.69) is 15.6 Å². The number of hydrogen-bond donors (Lipinski definition) is 2. The van der Waals surface area contributed by atoms with E-state index in [-0.39, 0.29) is 11.7 Å². The second-order valence-corrected chi connectivity index (χ2v) is 5.56. The normalized spacial score (nSPS) is 11.0. The largest absolute Gasteiger partial charge is 0.336 e. The zero-order valence-electron chi connectivity index (χ0n) is 13.9. The fourth-order valence-corrected chi connectivity index (χ4v) is 2.31. The molecule has 3 rings (SSSR count). The van der Waals surface area contributed by atoms with Crippen molar-refractivity contribution >= 4 is 28.8 Å². The average molecular weight is 329 g/mol. The lowest BCUT2D eigenvalue weighted by molar-refractivity contribution is -0.110. The van der Waals surface area contributed by atoms with Gasteiger partial charge in [-0.05, 0) is 42.8 Å². The van der Waals surface area contributed by atoms with E-state index in [9.17, 15) is 4.79 Å². The van der Waals surface area contributed by atoms with Crippen LogP contribution in [-0.2, 0) is 4.79 Å². The molecular weight excluding hydrogens is 310 g/mol. The Bertz CT molecular complexity index is 874. The third-order valence-electron chi connectivity index (χ3n) is 3.63. The molecule has 4 heteroatoms. The highest BCUT2D eigenvalue weighted by atomic mass is 16.2. The summed E-state index contributed by atoms with van der Waals surface area (Å²) in [5.41, 5.74) is 3.28. The molecule has 3 aromatic rings. The van der Waals surface area contributed by atoms with Gasteiger partial charge in [-0.25, -0.2) is 4.99 Å². The average Bonchev–Trinajstić information content (AvgIpc) is 2.64. The van der Waals surface area contributed by atoms with E-state index < -0.39 is 0 Å². The third-order valence-corrected chi connectivity index (χ3v) is 3.63. The molecule has 0 radical (unpaired) electrons. The van der Waals surface area contributed by atoms with Gasteiger partial charge in [0.25, 0.3) is 5.91 Å². The van der Waals surface area contributed by atoms with Crippen LogP contribution < -0.4 is 10.6 Å². The standard InChI is InChI=1S/C21H19N3O/c1-16-10-8-9-15-19(16)24-20(22-17-11-4-2-5-12-17)21(25)23-18-13-6-3-7-14-18/h2-15H,1H3,(H,22,24)(H,23,25). The number of carbonyl (C=O) groups excluding carboxylic acids is 1. The molecule has 0 unspecified atom stereocenters. The van der Waals surface area contributed by atoms with Crippen LogP contribution in [0.25, 0.3) is 0 Å². The molecule has 0 saturated carbocycles. The summed E-state index contributed by atoms with van der Waals surface area (Å²) in [5.74, 6) is -0.0531. The predicted molar refractivity (Wildman–Crippen MR) is 103 cm³/mol. The van der Waals surface area contributed by atoms with Crippen LogP contribution in [0.5, 0.6) is 0 Å². The molecule has 0 bridgehead atoms. The summed E-state index contributed by atoms with van der Waals surface area (Å²) in [5, 5.41) is 5.98. The van der Waals surface area contributed by atoms with Crippen molar-refractivity contribution in [3.05, 3.63) is 90.5 Å². The molecule has 2 N–H and O–H groups in total. The number of rotatable bonds is 3. The van der Waals surface area contributed by atoms with Crippen molar-refractivity contribution in [3.8, 4) is 0 Å². The minimum atomic E-state index is -0.293. The molecule has 3 aromatic carbocycles. The minimum Gasteiger partial charge on any atom is -0.336 e. The van der Waals surface area contributed by atoms with Gasteiger partial charge in [-0.2, -0.15) is 0 Å². The molecule has 0 aliphatic heterocycles. The Morgan fingerprint density at radius 3 is 1.84 bits per heavy atom. The quantitative estimate of drug-likeness (QED) is 0.537. The number of amidine groups is 1. The number of amides is 1. The molecule has 0 heterocycles. The first kappa shape index (κ1) is 16.5. The van der Waals surface area contributed by atoms with E-state index in [0.29, 0.717) is 0 Å². The highest BCUT2D eigenvalue weighted by Crippen LogP contribution is 2.18. The van der Waals surface area contributed by atoms with Gasteiger partial charge in [0.2, 0.25) is 0 Å². The lowest BCUT2D eigenvalue weighted by Gasteiger charge is -2.11. The molecule has 0 spiro atoms. The predicted octanol–water partition coefficient (Wildman–Crippen LogP) is 4.78. The van der Waals surface area contributed by atoms with Crippen LogP contribution in [0.4, 0.5) is 17.1 Å². The molecule has 0 aliphatic rings. The van der Waals surface area contributed by atoms with Gasteiger partial charge in [-0.1, -0.05) is 54.6 Å². The van der Waals surface area contributed by atoms with Crippen LogP contribution >= 0.6 is 0 Å². The zero-order chi connectivity index (χ0) is 17.5. The van der Waals surface area contributed by atoms with Crippen molar-refractivity contribution in [3.63, 3.8) is 0 Å². The van der Waals surface area contributed by atoms with Crippen LogP contribution in [0.15, 0.2) is 89.9 Å². The maximum Gasteiger partial charge on any atom is 0.291 e. The Kier molecular flexibility index (Phi) is 5.22.